The third kappa shape index (κ3) is 3.75. The van der Waals surface area contributed by atoms with Gasteiger partial charge in [-0.15, -0.1) is 0 Å². The van der Waals surface area contributed by atoms with Gasteiger partial charge in [-0.05, 0) is 43.3 Å². The molecule has 26 heavy (non-hydrogen) atoms. The highest BCUT2D eigenvalue weighted by Gasteiger charge is 2.28. The maximum absolute atomic E-state index is 12.8. The fourth-order valence-corrected chi connectivity index (χ4v) is 2.60. The number of rotatable bonds is 5. The number of para-hydroxylation sites is 1. The monoisotopic (exact) mass is 369 g/mol. The van der Waals surface area contributed by atoms with Crippen LogP contribution in [0.2, 0.25) is 5.02 Å². The standard InChI is InChI=1S/C19H16ClN3O3/c1-12-16(10-13-4-2-3-5-17(13)26-11-18(21)24)19(25)23(22-12)15-8-6-14(20)7-9-15/h2-10H,11H2,1H3,(H2,21,24)/b16-10-. The predicted octanol–water partition coefficient (Wildman–Crippen LogP) is 3.01. The lowest BCUT2D eigenvalue weighted by atomic mass is 10.1. The molecular formula is C19H16ClN3O3. The van der Waals surface area contributed by atoms with Gasteiger partial charge in [-0.2, -0.15) is 10.1 Å². The predicted molar refractivity (Wildman–Crippen MR) is 101 cm³/mol. The second-order valence-corrected chi connectivity index (χ2v) is 6.07. The summed E-state index contributed by atoms with van der Waals surface area (Å²) in [5.41, 5.74) is 7.42. The van der Waals surface area contributed by atoms with Gasteiger partial charge in [0.05, 0.1) is 17.0 Å². The molecule has 132 valence electrons. The SMILES string of the molecule is CC1=NN(c2ccc(Cl)cc2)C(=O)/C1=C\c1ccccc1OCC(N)=O. The molecule has 0 aliphatic carbocycles. The first-order valence-corrected chi connectivity index (χ1v) is 8.21. The van der Waals surface area contributed by atoms with Crippen LogP contribution >= 0.6 is 11.6 Å². The number of hydrogen-bond donors (Lipinski definition) is 1. The van der Waals surface area contributed by atoms with Crippen LogP contribution in [0.15, 0.2) is 59.2 Å². The fourth-order valence-electron chi connectivity index (χ4n) is 2.48. The van der Waals surface area contributed by atoms with Crippen molar-refractivity contribution in [1.82, 2.24) is 0 Å². The molecule has 6 nitrogen and oxygen atoms in total. The van der Waals surface area contributed by atoms with Crippen LogP contribution in [0, 0.1) is 0 Å². The van der Waals surface area contributed by atoms with Crippen LogP contribution in [-0.4, -0.2) is 24.1 Å². The number of carbonyl (C=O) groups excluding carboxylic acids is 2. The minimum atomic E-state index is -0.573. The van der Waals surface area contributed by atoms with E-state index in [4.69, 9.17) is 22.1 Å². The Balaban J connectivity index is 1.91. The minimum absolute atomic E-state index is 0.238. The maximum Gasteiger partial charge on any atom is 0.280 e. The van der Waals surface area contributed by atoms with E-state index in [1.807, 2.05) is 6.07 Å². The molecule has 0 saturated heterocycles. The Bertz CT molecular complexity index is 920. The first kappa shape index (κ1) is 17.7. The van der Waals surface area contributed by atoms with Gasteiger partial charge in [-0.1, -0.05) is 29.8 Å². The molecule has 0 radical (unpaired) electrons. The Labute approximate surface area is 155 Å². The molecule has 0 atom stereocenters. The smallest absolute Gasteiger partial charge is 0.280 e. The molecule has 1 heterocycles. The molecule has 7 heteroatoms. The molecule has 0 spiro atoms. The largest absolute Gasteiger partial charge is 0.483 e. The lowest BCUT2D eigenvalue weighted by Crippen LogP contribution is -2.21. The average molecular weight is 370 g/mol. The van der Waals surface area contributed by atoms with Gasteiger partial charge in [0.1, 0.15) is 5.75 Å². The lowest BCUT2D eigenvalue weighted by molar-refractivity contribution is -0.120. The minimum Gasteiger partial charge on any atom is -0.483 e. The van der Waals surface area contributed by atoms with E-state index < -0.39 is 5.91 Å². The topological polar surface area (TPSA) is 85.0 Å². The number of halogens is 1. The first-order valence-electron chi connectivity index (χ1n) is 7.83. The molecule has 0 aromatic heterocycles. The number of primary amides is 1. The van der Waals surface area contributed by atoms with Gasteiger partial charge in [0, 0.05) is 10.6 Å². The molecule has 0 unspecified atom stereocenters. The highest BCUT2D eigenvalue weighted by atomic mass is 35.5. The Morgan fingerprint density at radius 2 is 1.92 bits per heavy atom. The first-order chi connectivity index (χ1) is 12.5. The lowest BCUT2D eigenvalue weighted by Gasteiger charge is -2.12. The van der Waals surface area contributed by atoms with Gasteiger partial charge in [0.25, 0.3) is 11.8 Å². The van der Waals surface area contributed by atoms with E-state index in [2.05, 4.69) is 5.10 Å². The van der Waals surface area contributed by atoms with Gasteiger partial charge >= 0.3 is 0 Å². The summed E-state index contributed by atoms with van der Waals surface area (Å²) >= 11 is 5.89. The van der Waals surface area contributed by atoms with E-state index in [-0.39, 0.29) is 12.5 Å². The Kier molecular flexibility index (Phi) is 5.04. The van der Waals surface area contributed by atoms with Crippen molar-refractivity contribution in [2.24, 2.45) is 10.8 Å². The molecule has 1 aliphatic rings. The summed E-state index contributed by atoms with van der Waals surface area (Å²) < 4.78 is 5.41. The van der Waals surface area contributed by atoms with Crippen molar-refractivity contribution in [2.45, 2.75) is 6.92 Å². The van der Waals surface area contributed by atoms with E-state index in [0.717, 1.165) is 0 Å². The van der Waals surface area contributed by atoms with E-state index in [1.54, 1.807) is 55.5 Å². The van der Waals surface area contributed by atoms with E-state index >= 15 is 0 Å². The molecule has 2 aromatic carbocycles. The van der Waals surface area contributed by atoms with Crippen LogP contribution in [0.25, 0.3) is 6.08 Å². The molecule has 3 rings (SSSR count). The summed E-state index contributed by atoms with van der Waals surface area (Å²) in [4.78, 5) is 23.7. The van der Waals surface area contributed by atoms with Gasteiger partial charge in [0.2, 0.25) is 0 Å². The summed E-state index contributed by atoms with van der Waals surface area (Å²) in [6, 6.07) is 13.9. The van der Waals surface area contributed by atoms with Crippen LogP contribution in [0.3, 0.4) is 0 Å². The number of carbonyl (C=O) groups is 2. The maximum atomic E-state index is 12.8. The van der Waals surface area contributed by atoms with E-state index in [9.17, 15) is 9.59 Å². The van der Waals surface area contributed by atoms with Crippen LogP contribution in [-0.2, 0) is 9.59 Å². The number of benzene rings is 2. The number of ether oxygens (including phenoxy) is 1. The van der Waals surface area contributed by atoms with Gasteiger partial charge in [-0.3, -0.25) is 9.59 Å². The van der Waals surface area contributed by atoms with Crippen LogP contribution < -0.4 is 15.5 Å². The third-order valence-electron chi connectivity index (χ3n) is 3.72. The summed E-state index contributed by atoms with van der Waals surface area (Å²) in [6.07, 6.45) is 1.69. The number of anilines is 1. The van der Waals surface area contributed by atoms with Crippen molar-refractivity contribution in [1.29, 1.82) is 0 Å². The Hall–Kier alpha value is -3.12. The molecule has 0 fully saturated rings. The zero-order chi connectivity index (χ0) is 18.7. The molecule has 0 saturated carbocycles. The zero-order valence-electron chi connectivity index (χ0n) is 14.0. The molecule has 2 N–H and O–H groups in total. The molecule has 2 aromatic rings. The molecule has 1 aliphatic heterocycles. The number of hydrogen-bond acceptors (Lipinski definition) is 4. The fraction of sp³-hybridized carbons (Fsp3) is 0.105. The highest BCUT2D eigenvalue weighted by molar-refractivity contribution is 6.32. The summed E-state index contributed by atoms with van der Waals surface area (Å²) in [7, 11) is 0. The van der Waals surface area contributed by atoms with Crippen molar-refractivity contribution in [3.05, 3.63) is 64.7 Å². The zero-order valence-corrected chi connectivity index (χ0v) is 14.7. The van der Waals surface area contributed by atoms with Crippen LogP contribution in [0.4, 0.5) is 5.69 Å². The van der Waals surface area contributed by atoms with E-state index in [0.29, 0.717) is 33.3 Å². The number of hydrazone groups is 1. The van der Waals surface area contributed by atoms with Crippen LogP contribution in [0.5, 0.6) is 5.75 Å². The van der Waals surface area contributed by atoms with E-state index in [1.165, 1.54) is 5.01 Å². The summed E-state index contributed by atoms with van der Waals surface area (Å²) in [5, 5.41) is 6.23. The second-order valence-electron chi connectivity index (χ2n) is 5.63. The number of amides is 2. The van der Waals surface area contributed by atoms with Gasteiger partial charge in [0.15, 0.2) is 6.61 Å². The molecular weight excluding hydrogens is 354 g/mol. The second kappa shape index (κ2) is 7.41. The summed E-state index contributed by atoms with van der Waals surface area (Å²) in [6.45, 7) is 1.52. The summed E-state index contributed by atoms with van der Waals surface area (Å²) in [5.74, 6) is -0.366. The van der Waals surface area contributed by atoms with Crippen molar-refractivity contribution in [3.8, 4) is 5.75 Å². The third-order valence-corrected chi connectivity index (χ3v) is 3.97. The average Bonchev–Trinajstić information content (AvgIpc) is 2.90. The Morgan fingerprint density at radius 3 is 2.62 bits per heavy atom. The van der Waals surface area contributed by atoms with Crippen molar-refractivity contribution < 1.29 is 14.3 Å². The number of nitrogens with zero attached hydrogens (tertiary/aromatic N) is 2. The molecule has 0 bridgehead atoms. The van der Waals surface area contributed by atoms with Gasteiger partial charge in [-0.25, -0.2) is 0 Å². The number of nitrogens with two attached hydrogens (primary N) is 1. The van der Waals surface area contributed by atoms with Gasteiger partial charge < -0.3 is 10.5 Å². The Morgan fingerprint density at radius 1 is 1.23 bits per heavy atom. The van der Waals surface area contributed by atoms with Crippen LogP contribution in [0.1, 0.15) is 12.5 Å². The van der Waals surface area contributed by atoms with Crippen molar-refractivity contribution >= 4 is 40.9 Å². The van der Waals surface area contributed by atoms with Crippen molar-refractivity contribution in [3.63, 3.8) is 0 Å². The normalized spacial score (nSPS) is 15.3. The van der Waals surface area contributed by atoms with Crippen molar-refractivity contribution in [2.75, 3.05) is 11.6 Å². The quantitative estimate of drug-likeness (QED) is 0.822. The molecule has 2 amide bonds. The highest BCUT2D eigenvalue weighted by Crippen LogP contribution is 2.28.